The lowest BCUT2D eigenvalue weighted by Crippen LogP contribution is -2.18. The van der Waals surface area contributed by atoms with Gasteiger partial charge in [-0.3, -0.25) is 5.43 Å². The van der Waals surface area contributed by atoms with Gasteiger partial charge < -0.3 is 10.5 Å². The molecule has 0 amide bonds. The van der Waals surface area contributed by atoms with Gasteiger partial charge in [0.05, 0.1) is 11.8 Å². The van der Waals surface area contributed by atoms with Gasteiger partial charge in [0.1, 0.15) is 11.6 Å². The summed E-state index contributed by atoms with van der Waals surface area (Å²) in [6.45, 7) is 0. The fourth-order valence-corrected chi connectivity index (χ4v) is 1.91. The maximum Gasteiger partial charge on any atom is 0.573 e. The second-order valence-electron chi connectivity index (χ2n) is 3.77. The molecule has 0 unspecified atom stereocenters. The molecule has 3 N–H and O–H groups in total. The average molecular weight is 338 g/mol. The van der Waals surface area contributed by atoms with E-state index >= 15 is 0 Å². The Morgan fingerprint density at radius 2 is 2.05 bits per heavy atom. The molecule has 0 saturated heterocycles. The van der Waals surface area contributed by atoms with Crippen molar-refractivity contribution in [3.8, 4) is 5.75 Å². The number of thiazole rings is 1. The molecule has 1 heterocycles. The third-order valence-electron chi connectivity index (χ3n) is 2.19. The first kappa shape index (κ1) is 15.9. The Labute approximate surface area is 124 Å². The van der Waals surface area contributed by atoms with E-state index in [9.17, 15) is 22.0 Å². The zero-order chi connectivity index (χ0) is 16.3. The highest BCUT2D eigenvalue weighted by Crippen LogP contribution is 2.28. The zero-order valence-electron chi connectivity index (χ0n) is 10.5. The van der Waals surface area contributed by atoms with Crippen LogP contribution < -0.4 is 15.9 Å². The summed E-state index contributed by atoms with van der Waals surface area (Å²) in [5.74, 6) is -3.56. The Kier molecular flexibility index (Phi) is 4.45. The number of halogens is 5. The van der Waals surface area contributed by atoms with E-state index in [0.29, 0.717) is 18.3 Å². The standard InChI is InChI=1S/C11H7F5N4OS/c12-6-1-2-7(21-11(14,15)16)9(13)5(6)3-18-20-10-19-8(17)4-22-10/h1-4H,17H2,(H,19,20). The summed E-state index contributed by atoms with van der Waals surface area (Å²) in [4.78, 5) is 3.76. The van der Waals surface area contributed by atoms with Crippen LogP contribution in [-0.2, 0) is 0 Å². The maximum atomic E-state index is 13.8. The molecule has 0 aliphatic heterocycles. The summed E-state index contributed by atoms with van der Waals surface area (Å²) < 4.78 is 66.9. The average Bonchev–Trinajstić information content (AvgIpc) is 2.81. The van der Waals surface area contributed by atoms with E-state index in [1.54, 1.807) is 0 Å². The highest BCUT2D eigenvalue weighted by Gasteiger charge is 2.33. The summed E-state index contributed by atoms with van der Waals surface area (Å²) >= 11 is 1.08. The van der Waals surface area contributed by atoms with E-state index < -0.39 is 29.3 Å². The lowest BCUT2D eigenvalue weighted by Gasteiger charge is -2.10. The van der Waals surface area contributed by atoms with Crippen LogP contribution in [0.25, 0.3) is 0 Å². The van der Waals surface area contributed by atoms with Gasteiger partial charge in [0.25, 0.3) is 0 Å². The van der Waals surface area contributed by atoms with Crippen molar-refractivity contribution in [1.82, 2.24) is 4.98 Å². The van der Waals surface area contributed by atoms with Crippen LogP contribution >= 0.6 is 11.3 Å². The molecular formula is C11H7F5N4OS. The van der Waals surface area contributed by atoms with Crippen LogP contribution in [0.2, 0.25) is 0 Å². The summed E-state index contributed by atoms with van der Waals surface area (Å²) in [7, 11) is 0. The van der Waals surface area contributed by atoms with Crippen LogP contribution in [0, 0.1) is 11.6 Å². The van der Waals surface area contributed by atoms with Crippen LogP contribution in [0.1, 0.15) is 5.56 Å². The first-order valence-electron chi connectivity index (χ1n) is 5.50. The number of hydrogen-bond donors (Lipinski definition) is 2. The van der Waals surface area contributed by atoms with Crippen LogP contribution in [-0.4, -0.2) is 17.6 Å². The molecule has 5 nitrogen and oxygen atoms in total. The van der Waals surface area contributed by atoms with E-state index in [2.05, 4.69) is 20.2 Å². The van der Waals surface area contributed by atoms with Crippen LogP contribution in [0.15, 0.2) is 22.6 Å². The van der Waals surface area contributed by atoms with Gasteiger partial charge >= 0.3 is 6.36 Å². The van der Waals surface area contributed by atoms with Crippen molar-refractivity contribution in [1.29, 1.82) is 0 Å². The lowest BCUT2D eigenvalue weighted by molar-refractivity contribution is -0.275. The molecular weight excluding hydrogens is 331 g/mol. The van der Waals surface area contributed by atoms with Gasteiger partial charge in [-0.25, -0.2) is 13.8 Å². The predicted molar refractivity (Wildman–Crippen MR) is 70.8 cm³/mol. The lowest BCUT2D eigenvalue weighted by atomic mass is 10.2. The Bertz CT molecular complexity index is 700. The molecule has 2 rings (SSSR count). The molecule has 0 spiro atoms. The fourth-order valence-electron chi connectivity index (χ4n) is 1.36. The SMILES string of the molecule is Nc1csc(NN=Cc2c(F)ccc(OC(F)(F)F)c2F)n1. The van der Waals surface area contributed by atoms with Gasteiger partial charge in [-0.05, 0) is 12.1 Å². The molecule has 0 bridgehead atoms. The van der Waals surface area contributed by atoms with Gasteiger partial charge in [0, 0.05) is 5.38 Å². The molecule has 11 heteroatoms. The number of hydrazone groups is 1. The first-order valence-corrected chi connectivity index (χ1v) is 6.38. The van der Waals surface area contributed by atoms with E-state index in [0.717, 1.165) is 11.3 Å². The van der Waals surface area contributed by atoms with Gasteiger partial charge in [-0.1, -0.05) is 0 Å². The summed E-state index contributed by atoms with van der Waals surface area (Å²) in [5, 5.41) is 5.23. The number of nitrogens with two attached hydrogens (primary N) is 1. The number of alkyl halides is 3. The molecule has 1 aromatic carbocycles. The van der Waals surface area contributed by atoms with Crippen molar-refractivity contribution in [2.45, 2.75) is 6.36 Å². The number of ether oxygens (including phenoxy) is 1. The number of nitrogens with one attached hydrogen (secondary N) is 1. The number of hydrogen-bond acceptors (Lipinski definition) is 6. The Morgan fingerprint density at radius 3 is 2.64 bits per heavy atom. The molecule has 0 atom stereocenters. The maximum absolute atomic E-state index is 13.8. The van der Waals surface area contributed by atoms with E-state index in [1.165, 1.54) is 5.38 Å². The highest BCUT2D eigenvalue weighted by atomic mass is 32.1. The monoisotopic (exact) mass is 338 g/mol. The number of rotatable bonds is 4. The predicted octanol–water partition coefficient (Wildman–Crippen LogP) is 3.35. The van der Waals surface area contributed by atoms with E-state index in [4.69, 9.17) is 5.73 Å². The molecule has 0 saturated carbocycles. The molecule has 1 aromatic heterocycles. The number of anilines is 2. The zero-order valence-corrected chi connectivity index (χ0v) is 11.3. The minimum atomic E-state index is -5.09. The van der Waals surface area contributed by atoms with Crippen molar-refractivity contribution in [2.24, 2.45) is 5.10 Å². The molecule has 0 aliphatic rings. The van der Waals surface area contributed by atoms with Crippen LogP contribution in [0.5, 0.6) is 5.75 Å². The second kappa shape index (κ2) is 6.13. The Morgan fingerprint density at radius 1 is 1.32 bits per heavy atom. The van der Waals surface area contributed by atoms with Gasteiger partial charge in [0.15, 0.2) is 11.6 Å². The van der Waals surface area contributed by atoms with Gasteiger partial charge in [-0.15, -0.1) is 24.5 Å². The summed E-state index contributed by atoms with van der Waals surface area (Å²) in [6.07, 6.45) is -4.42. The smallest absolute Gasteiger partial charge is 0.403 e. The number of aromatic nitrogens is 1. The number of nitrogens with zero attached hydrogens (tertiary/aromatic N) is 2. The quantitative estimate of drug-likeness (QED) is 0.509. The molecule has 22 heavy (non-hydrogen) atoms. The number of nitrogen functional groups attached to an aromatic ring is 1. The Balaban J connectivity index is 2.20. The van der Waals surface area contributed by atoms with Crippen molar-refractivity contribution >= 4 is 28.5 Å². The normalized spacial score (nSPS) is 11.9. The molecule has 2 aromatic rings. The number of benzene rings is 1. The minimum Gasteiger partial charge on any atom is -0.403 e. The van der Waals surface area contributed by atoms with Crippen molar-refractivity contribution in [2.75, 3.05) is 11.2 Å². The highest BCUT2D eigenvalue weighted by molar-refractivity contribution is 7.14. The van der Waals surface area contributed by atoms with Crippen molar-refractivity contribution in [3.05, 3.63) is 34.7 Å². The third kappa shape index (κ3) is 4.04. The molecule has 0 radical (unpaired) electrons. The van der Waals surface area contributed by atoms with E-state index in [-0.39, 0.29) is 10.9 Å². The Hall–Kier alpha value is -2.43. The topological polar surface area (TPSA) is 72.5 Å². The van der Waals surface area contributed by atoms with Crippen molar-refractivity contribution < 1.29 is 26.7 Å². The fraction of sp³-hybridized carbons (Fsp3) is 0.0909. The summed E-state index contributed by atoms with van der Waals surface area (Å²) in [6, 6.07) is 1.16. The molecule has 118 valence electrons. The molecule has 0 aliphatic carbocycles. The third-order valence-corrected chi connectivity index (χ3v) is 2.96. The molecule has 0 fully saturated rings. The second-order valence-corrected chi connectivity index (χ2v) is 4.63. The van der Waals surface area contributed by atoms with Crippen LogP contribution in [0.4, 0.5) is 32.9 Å². The first-order chi connectivity index (χ1) is 10.3. The van der Waals surface area contributed by atoms with Gasteiger partial charge in [-0.2, -0.15) is 5.10 Å². The minimum absolute atomic E-state index is 0.223. The van der Waals surface area contributed by atoms with Gasteiger partial charge in [0.2, 0.25) is 5.13 Å². The van der Waals surface area contributed by atoms with Crippen molar-refractivity contribution in [3.63, 3.8) is 0 Å². The van der Waals surface area contributed by atoms with Crippen LogP contribution in [0.3, 0.4) is 0 Å². The van der Waals surface area contributed by atoms with E-state index in [1.807, 2.05) is 0 Å². The largest absolute Gasteiger partial charge is 0.573 e. The summed E-state index contributed by atoms with van der Waals surface area (Å²) in [5.41, 5.74) is 6.90.